The van der Waals surface area contributed by atoms with Crippen molar-refractivity contribution in [1.29, 1.82) is 0 Å². The molecule has 0 aromatic rings. The molecule has 0 bridgehead atoms. The van der Waals surface area contributed by atoms with Crippen LogP contribution in [0.4, 0.5) is 0 Å². The molecule has 1 rings (SSSR count). The SMILES string of the molecule is CCCCCC(C)(O)/C=C/C1[C@H](O)C[C@H](O)[C@@H]1CC=C=CCCC(=O)OC. The van der Waals surface area contributed by atoms with Gasteiger partial charge in [-0.3, -0.25) is 4.79 Å². The van der Waals surface area contributed by atoms with E-state index in [4.69, 9.17) is 0 Å². The van der Waals surface area contributed by atoms with Crippen LogP contribution < -0.4 is 0 Å². The highest BCUT2D eigenvalue weighted by atomic mass is 16.5. The molecule has 0 heterocycles. The first-order valence-corrected chi connectivity index (χ1v) is 10.0. The third-order valence-electron chi connectivity index (χ3n) is 5.23. The molecule has 154 valence electrons. The first kappa shape index (κ1) is 23.6. The van der Waals surface area contributed by atoms with Gasteiger partial charge in [0.05, 0.1) is 24.9 Å². The molecule has 0 aromatic heterocycles. The molecular formula is C22H36O5. The van der Waals surface area contributed by atoms with E-state index in [9.17, 15) is 20.1 Å². The minimum absolute atomic E-state index is 0.107. The van der Waals surface area contributed by atoms with E-state index < -0.39 is 17.8 Å². The molecule has 0 spiro atoms. The molecule has 0 amide bonds. The predicted octanol–water partition coefficient (Wildman–Crippen LogP) is 3.29. The van der Waals surface area contributed by atoms with Crippen LogP contribution in [0.5, 0.6) is 0 Å². The van der Waals surface area contributed by atoms with Gasteiger partial charge in [-0.25, -0.2) is 0 Å². The summed E-state index contributed by atoms with van der Waals surface area (Å²) >= 11 is 0. The van der Waals surface area contributed by atoms with Gasteiger partial charge in [0.15, 0.2) is 0 Å². The van der Waals surface area contributed by atoms with Crippen LogP contribution in [0, 0.1) is 11.8 Å². The zero-order valence-electron chi connectivity index (χ0n) is 16.9. The Morgan fingerprint density at radius 2 is 2.00 bits per heavy atom. The largest absolute Gasteiger partial charge is 0.469 e. The highest BCUT2D eigenvalue weighted by Gasteiger charge is 2.39. The standard InChI is InChI=1S/C22H36O5/c1-4-5-10-14-22(2,26)15-13-18-17(19(23)16-20(18)24)11-8-6-7-9-12-21(25)27-3/h7-8,13,15,17-20,23-24,26H,4-5,9-12,14,16H2,1-3H3/b15-13+/t6?,17-,18?,19+,20-,22?/m1/s1. The van der Waals surface area contributed by atoms with Gasteiger partial charge in [-0.15, -0.1) is 5.73 Å². The molecule has 1 saturated carbocycles. The number of rotatable bonds is 11. The number of aliphatic hydroxyl groups is 3. The molecule has 2 unspecified atom stereocenters. The Hall–Kier alpha value is -1.39. The number of unbranched alkanes of at least 4 members (excludes halogenated alkanes) is 2. The lowest BCUT2D eigenvalue weighted by atomic mass is 9.88. The summed E-state index contributed by atoms with van der Waals surface area (Å²) in [5.74, 6) is -0.548. The van der Waals surface area contributed by atoms with Crippen LogP contribution in [0.1, 0.15) is 65.2 Å². The van der Waals surface area contributed by atoms with Gasteiger partial charge < -0.3 is 20.1 Å². The molecule has 0 radical (unpaired) electrons. The normalized spacial score (nSPS) is 27.2. The van der Waals surface area contributed by atoms with Gasteiger partial charge in [-0.05, 0) is 44.3 Å². The molecule has 5 heteroatoms. The van der Waals surface area contributed by atoms with E-state index in [0.717, 1.165) is 19.3 Å². The smallest absolute Gasteiger partial charge is 0.305 e. The molecular weight excluding hydrogens is 344 g/mol. The van der Waals surface area contributed by atoms with Crippen molar-refractivity contribution in [2.45, 2.75) is 83.0 Å². The van der Waals surface area contributed by atoms with E-state index >= 15 is 0 Å². The fourth-order valence-electron chi connectivity index (χ4n) is 3.50. The highest BCUT2D eigenvalue weighted by Crippen LogP contribution is 2.36. The maximum absolute atomic E-state index is 11.0. The number of ether oxygens (including phenoxy) is 1. The Balaban J connectivity index is 2.62. The average Bonchev–Trinajstić information content (AvgIpc) is 2.89. The van der Waals surface area contributed by atoms with Gasteiger partial charge in [-0.2, -0.15) is 0 Å². The number of esters is 1. The number of aliphatic hydroxyl groups excluding tert-OH is 2. The quantitative estimate of drug-likeness (QED) is 0.222. The summed E-state index contributed by atoms with van der Waals surface area (Å²) < 4.78 is 4.58. The van der Waals surface area contributed by atoms with Crippen molar-refractivity contribution in [3.8, 4) is 0 Å². The van der Waals surface area contributed by atoms with Crippen molar-refractivity contribution in [3.63, 3.8) is 0 Å². The van der Waals surface area contributed by atoms with Gasteiger partial charge in [0.2, 0.25) is 0 Å². The van der Waals surface area contributed by atoms with E-state index in [1.165, 1.54) is 7.11 Å². The molecule has 1 aliphatic rings. The molecule has 0 saturated heterocycles. The highest BCUT2D eigenvalue weighted by molar-refractivity contribution is 5.69. The summed E-state index contributed by atoms with van der Waals surface area (Å²) in [6, 6.07) is 0. The van der Waals surface area contributed by atoms with Crippen LogP contribution in [0.15, 0.2) is 30.0 Å². The Morgan fingerprint density at radius 3 is 2.67 bits per heavy atom. The summed E-state index contributed by atoms with van der Waals surface area (Å²) in [6.45, 7) is 3.92. The predicted molar refractivity (Wildman–Crippen MR) is 106 cm³/mol. The Kier molecular flexibility index (Phi) is 10.6. The third kappa shape index (κ3) is 8.89. The van der Waals surface area contributed by atoms with Crippen LogP contribution in [0.25, 0.3) is 0 Å². The van der Waals surface area contributed by atoms with Gasteiger partial charge in [0.25, 0.3) is 0 Å². The van der Waals surface area contributed by atoms with Gasteiger partial charge in [0, 0.05) is 18.8 Å². The van der Waals surface area contributed by atoms with Gasteiger partial charge in [-0.1, -0.05) is 38.3 Å². The van der Waals surface area contributed by atoms with Crippen molar-refractivity contribution in [2.75, 3.05) is 7.11 Å². The van der Waals surface area contributed by atoms with Crippen molar-refractivity contribution < 1.29 is 24.9 Å². The second-order valence-corrected chi connectivity index (χ2v) is 7.71. The second kappa shape index (κ2) is 12.1. The fourth-order valence-corrected chi connectivity index (χ4v) is 3.50. The Morgan fingerprint density at radius 1 is 1.26 bits per heavy atom. The maximum Gasteiger partial charge on any atom is 0.305 e. The van der Waals surface area contributed by atoms with Crippen LogP contribution in [0.2, 0.25) is 0 Å². The third-order valence-corrected chi connectivity index (χ3v) is 5.23. The van der Waals surface area contributed by atoms with Crippen LogP contribution >= 0.6 is 0 Å². The number of carbonyl (C=O) groups excluding carboxylic acids is 1. The molecule has 1 aliphatic carbocycles. The maximum atomic E-state index is 11.0. The van der Waals surface area contributed by atoms with Crippen molar-refractivity contribution in [2.24, 2.45) is 11.8 Å². The Labute approximate surface area is 163 Å². The first-order valence-electron chi connectivity index (χ1n) is 10.0. The summed E-state index contributed by atoms with van der Waals surface area (Å²) in [5.41, 5.74) is 2.14. The molecule has 27 heavy (non-hydrogen) atoms. The summed E-state index contributed by atoms with van der Waals surface area (Å²) in [7, 11) is 1.36. The first-order chi connectivity index (χ1) is 12.8. The fraction of sp³-hybridized carbons (Fsp3) is 0.727. The summed E-state index contributed by atoms with van der Waals surface area (Å²) in [4.78, 5) is 11.0. The zero-order chi connectivity index (χ0) is 20.3. The van der Waals surface area contributed by atoms with E-state index in [1.807, 2.05) is 12.2 Å². The lowest BCUT2D eigenvalue weighted by molar-refractivity contribution is -0.140. The number of allylic oxidation sites excluding steroid dienone is 1. The molecule has 3 N–H and O–H groups in total. The monoisotopic (exact) mass is 380 g/mol. The average molecular weight is 381 g/mol. The second-order valence-electron chi connectivity index (χ2n) is 7.71. The molecule has 0 aromatic carbocycles. The number of hydrogen-bond acceptors (Lipinski definition) is 5. The lowest BCUT2D eigenvalue weighted by Crippen LogP contribution is -2.24. The van der Waals surface area contributed by atoms with E-state index in [2.05, 4.69) is 17.4 Å². The minimum Gasteiger partial charge on any atom is -0.469 e. The number of methoxy groups -OCH3 is 1. The van der Waals surface area contributed by atoms with Crippen LogP contribution in [0.3, 0.4) is 0 Å². The number of hydrogen-bond donors (Lipinski definition) is 3. The van der Waals surface area contributed by atoms with Crippen molar-refractivity contribution >= 4 is 5.97 Å². The molecule has 5 nitrogen and oxygen atoms in total. The topological polar surface area (TPSA) is 87.0 Å². The number of carbonyl (C=O) groups is 1. The van der Waals surface area contributed by atoms with Crippen molar-refractivity contribution in [1.82, 2.24) is 0 Å². The van der Waals surface area contributed by atoms with E-state index in [0.29, 0.717) is 32.1 Å². The molecule has 1 fully saturated rings. The van der Waals surface area contributed by atoms with E-state index in [-0.39, 0.29) is 17.8 Å². The zero-order valence-corrected chi connectivity index (χ0v) is 16.9. The summed E-state index contributed by atoms with van der Waals surface area (Å²) in [5, 5.41) is 31.0. The van der Waals surface area contributed by atoms with Crippen molar-refractivity contribution in [3.05, 3.63) is 30.0 Å². The van der Waals surface area contributed by atoms with Gasteiger partial charge >= 0.3 is 5.97 Å². The Bertz CT molecular complexity index is 531. The van der Waals surface area contributed by atoms with E-state index in [1.54, 1.807) is 19.1 Å². The lowest BCUT2D eigenvalue weighted by Gasteiger charge is -2.23. The molecule has 5 atom stereocenters. The van der Waals surface area contributed by atoms with Gasteiger partial charge in [0.1, 0.15) is 0 Å². The minimum atomic E-state index is -0.892. The summed E-state index contributed by atoms with van der Waals surface area (Å²) in [6.07, 6.45) is 11.7. The molecule has 0 aliphatic heterocycles. The van der Waals surface area contributed by atoms with Crippen LogP contribution in [-0.4, -0.2) is 46.2 Å². The van der Waals surface area contributed by atoms with Crippen LogP contribution in [-0.2, 0) is 9.53 Å².